The maximum absolute atomic E-state index is 12.2. The van der Waals surface area contributed by atoms with Gasteiger partial charge in [-0.2, -0.15) is 5.26 Å². The molecule has 2 aromatic rings. The number of benzene rings is 1. The van der Waals surface area contributed by atoms with E-state index in [0.717, 1.165) is 25.7 Å². The van der Waals surface area contributed by atoms with E-state index in [1.165, 1.54) is 18.8 Å². The van der Waals surface area contributed by atoms with Gasteiger partial charge in [-0.15, -0.1) is 0 Å². The van der Waals surface area contributed by atoms with Crippen LogP contribution >= 0.6 is 0 Å². The van der Waals surface area contributed by atoms with Crippen LogP contribution in [-0.2, 0) is 16.1 Å². The lowest BCUT2D eigenvalue weighted by Gasteiger charge is -2.19. The fourth-order valence-electron chi connectivity index (χ4n) is 3.16. The third-order valence-corrected chi connectivity index (χ3v) is 4.72. The van der Waals surface area contributed by atoms with Gasteiger partial charge in [0.2, 0.25) is 0 Å². The number of ether oxygens (including phenoxy) is 1. The molecule has 1 amide bonds. The Morgan fingerprint density at radius 2 is 1.93 bits per heavy atom. The second-order valence-corrected chi connectivity index (χ2v) is 6.76. The van der Waals surface area contributed by atoms with E-state index in [-0.39, 0.29) is 24.0 Å². The predicted octanol–water partition coefficient (Wildman–Crippen LogP) is 3.99. The molecule has 1 aromatic carbocycles. The van der Waals surface area contributed by atoms with Crippen LogP contribution in [0.5, 0.6) is 5.75 Å². The molecular weight excluding hydrogens is 356 g/mol. The van der Waals surface area contributed by atoms with Crippen LogP contribution in [0.15, 0.2) is 52.7 Å². The number of nitrogens with zero attached hydrogens (tertiary/aromatic N) is 1. The van der Waals surface area contributed by atoms with Crippen LogP contribution in [0.1, 0.15) is 43.4 Å². The van der Waals surface area contributed by atoms with Crippen LogP contribution in [0.2, 0.25) is 0 Å². The molecule has 0 aliphatic heterocycles. The van der Waals surface area contributed by atoms with Gasteiger partial charge in [-0.3, -0.25) is 9.59 Å². The second-order valence-electron chi connectivity index (χ2n) is 6.76. The number of nitrogens with one attached hydrogen (secondary N) is 1. The molecule has 144 valence electrons. The Morgan fingerprint density at radius 3 is 2.57 bits per heavy atom. The minimum atomic E-state index is -0.480. The van der Waals surface area contributed by atoms with Crippen molar-refractivity contribution in [2.75, 3.05) is 0 Å². The molecule has 28 heavy (non-hydrogen) atoms. The van der Waals surface area contributed by atoms with Crippen LogP contribution in [0, 0.1) is 17.2 Å². The molecule has 0 saturated heterocycles. The van der Waals surface area contributed by atoms with Gasteiger partial charge in [0.1, 0.15) is 23.2 Å². The summed E-state index contributed by atoms with van der Waals surface area (Å²) in [6.07, 6.45) is 8.11. The number of hydrogen-bond acceptors (Lipinski definition) is 5. The Balaban J connectivity index is 1.58. The molecular formula is C22H22N2O4. The van der Waals surface area contributed by atoms with Crippen molar-refractivity contribution in [2.24, 2.45) is 5.92 Å². The number of carbonyl (C=O) groups is 2. The summed E-state index contributed by atoms with van der Waals surface area (Å²) in [5.41, 5.74) is 0.653. The Hall–Kier alpha value is -3.33. The number of nitriles is 1. The fraction of sp³-hybridized carbons (Fsp3) is 0.318. The van der Waals surface area contributed by atoms with E-state index in [4.69, 9.17) is 9.15 Å². The summed E-state index contributed by atoms with van der Waals surface area (Å²) in [6.45, 7) is 0.209. The first-order chi connectivity index (χ1) is 13.7. The quantitative estimate of drug-likeness (QED) is 0.355. The van der Waals surface area contributed by atoms with Crippen LogP contribution < -0.4 is 10.1 Å². The van der Waals surface area contributed by atoms with Gasteiger partial charge < -0.3 is 14.5 Å². The summed E-state index contributed by atoms with van der Waals surface area (Å²) < 4.78 is 10.6. The van der Waals surface area contributed by atoms with E-state index in [1.54, 1.807) is 36.4 Å². The van der Waals surface area contributed by atoms with E-state index in [1.807, 2.05) is 6.07 Å². The summed E-state index contributed by atoms with van der Waals surface area (Å²) in [7, 11) is 0. The second kappa shape index (κ2) is 9.56. The lowest BCUT2D eigenvalue weighted by atomic mass is 9.89. The van der Waals surface area contributed by atoms with Crippen molar-refractivity contribution in [1.29, 1.82) is 5.26 Å². The maximum Gasteiger partial charge on any atom is 0.314 e. The van der Waals surface area contributed by atoms with Gasteiger partial charge in [0.15, 0.2) is 0 Å². The third-order valence-electron chi connectivity index (χ3n) is 4.72. The largest absolute Gasteiger partial charge is 0.467 e. The van der Waals surface area contributed by atoms with Gasteiger partial charge in [-0.1, -0.05) is 31.4 Å². The highest BCUT2D eigenvalue weighted by molar-refractivity contribution is 6.01. The molecule has 1 N–H and O–H groups in total. The average Bonchev–Trinajstić information content (AvgIpc) is 3.25. The average molecular weight is 378 g/mol. The zero-order valence-corrected chi connectivity index (χ0v) is 15.5. The summed E-state index contributed by atoms with van der Waals surface area (Å²) in [4.78, 5) is 24.3. The minimum Gasteiger partial charge on any atom is -0.467 e. The molecule has 0 spiro atoms. The van der Waals surface area contributed by atoms with Gasteiger partial charge in [0.25, 0.3) is 5.91 Å². The van der Waals surface area contributed by atoms with Crippen molar-refractivity contribution in [2.45, 2.75) is 38.6 Å². The van der Waals surface area contributed by atoms with Gasteiger partial charge in [0, 0.05) is 0 Å². The topological polar surface area (TPSA) is 92.3 Å². The molecule has 0 atom stereocenters. The van der Waals surface area contributed by atoms with E-state index >= 15 is 0 Å². The van der Waals surface area contributed by atoms with Gasteiger partial charge in [-0.05, 0) is 48.7 Å². The SMILES string of the molecule is N#C/C(=C\c1ccc(OC(=O)C2CCCCC2)cc1)C(=O)NCc1ccco1. The Kier molecular flexibility index (Phi) is 6.64. The monoisotopic (exact) mass is 378 g/mol. The van der Waals surface area contributed by atoms with E-state index in [9.17, 15) is 14.9 Å². The van der Waals surface area contributed by atoms with Gasteiger partial charge >= 0.3 is 5.97 Å². The highest BCUT2D eigenvalue weighted by atomic mass is 16.5. The van der Waals surface area contributed by atoms with E-state index in [2.05, 4.69) is 5.32 Å². The highest BCUT2D eigenvalue weighted by Crippen LogP contribution is 2.26. The predicted molar refractivity (Wildman–Crippen MR) is 103 cm³/mol. The zero-order chi connectivity index (χ0) is 19.8. The normalized spacial score (nSPS) is 14.9. The third kappa shape index (κ3) is 5.34. The summed E-state index contributed by atoms with van der Waals surface area (Å²) in [6, 6.07) is 12.1. The molecule has 0 radical (unpaired) electrons. The molecule has 6 heteroatoms. The van der Waals surface area contributed by atoms with Crippen molar-refractivity contribution >= 4 is 18.0 Å². The van der Waals surface area contributed by atoms with Gasteiger partial charge in [0.05, 0.1) is 18.7 Å². The molecule has 1 aliphatic rings. The Bertz CT molecular complexity index is 870. The Labute approximate surface area is 163 Å². The standard InChI is InChI=1S/C22H22N2O4/c23-14-18(21(25)24-15-20-7-4-12-27-20)13-16-8-10-19(11-9-16)28-22(26)17-5-2-1-3-6-17/h4,7-13,17H,1-3,5-6,15H2,(H,24,25)/b18-13+. The number of esters is 1. The van der Waals surface area contributed by atoms with E-state index < -0.39 is 5.91 Å². The van der Waals surface area contributed by atoms with Crippen LogP contribution in [0.4, 0.5) is 0 Å². The zero-order valence-electron chi connectivity index (χ0n) is 15.5. The first-order valence-corrected chi connectivity index (χ1v) is 9.40. The maximum atomic E-state index is 12.2. The molecule has 6 nitrogen and oxygen atoms in total. The van der Waals surface area contributed by atoms with Crippen molar-refractivity contribution < 1.29 is 18.7 Å². The van der Waals surface area contributed by atoms with Crippen molar-refractivity contribution in [1.82, 2.24) is 5.32 Å². The number of amides is 1. The first-order valence-electron chi connectivity index (χ1n) is 9.40. The lowest BCUT2D eigenvalue weighted by Crippen LogP contribution is -2.23. The number of furan rings is 1. The number of hydrogen-bond donors (Lipinski definition) is 1. The van der Waals surface area contributed by atoms with Crippen molar-refractivity contribution in [3.8, 4) is 11.8 Å². The molecule has 1 heterocycles. The smallest absolute Gasteiger partial charge is 0.314 e. The summed E-state index contributed by atoms with van der Waals surface area (Å²) in [5, 5.41) is 11.9. The van der Waals surface area contributed by atoms with Gasteiger partial charge in [-0.25, -0.2) is 0 Å². The lowest BCUT2D eigenvalue weighted by molar-refractivity contribution is -0.140. The van der Waals surface area contributed by atoms with Crippen LogP contribution in [0.25, 0.3) is 6.08 Å². The van der Waals surface area contributed by atoms with Crippen LogP contribution in [-0.4, -0.2) is 11.9 Å². The fourth-order valence-corrected chi connectivity index (χ4v) is 3.16. The summed E-state index contributed by atoms with van der Waals surface area (Å²) >= 11 is 0. The number of rotatable bonds is 6. The molecule has 1 aliphatic carbocycles. The minimum absolute atomic E-state index is 0.0153. The molecule has 0 bridgehead atoms. The Morgan fingerprint density at radius 1 is 1.18 bits per heavy atom. The first kappa shape index (κ1) is 19.4. The molecule has 1 saturated carbocycles. The molecule has 0 unspecified atom stereocenters. The van der Waals surface area contributed by atoms with Crippen LogP contribution in [0.3, 0.4) is 0 Å². The number of carbonyl (C=O) groups excluding carboxylic acids is 2. The van der Waals surface area contributed by atoms with E-state index in [0.29, 0.717) is 17.1 Å². The van der Waals surface area contributed by atoms with Crippen molar-refractivity contribution in [3.05, 3.63) is 59.6 Å². The molecule has 3 rings (SSSR count). The van der Waals surface area contributed by atoms with Crippen molar-refractivity contribution in [3.63, 3.8) is 0 Å². The summed E-state index contributed by atoms with van der Waals surface area (Å²) in [5.74, 6) is 0.393. The molecule has 1 fully saturated rings. The highest BCUT2D eigenvalue weighted by Gasteiger charge is 2.22. The molecule has 1 aromatic heterocycles.